The standard InChI is InChI=1S/C26H18BrCl2N3O5/c1-14-4-2-3-5-21(14)30-22(33)13-37-23-19(28)11-15(12-20(23)29)10-18-24(34)31-26(36)32(25(18)35)17-8-6-16(27)7-9-17/h2-12H,13H2,1H3,(H,30,33)(H,31,34,36)/b18-10+. The van der Waals surface area contributed by atoms with Crippen LogP contribution in [-0.4, -0.2) is 30.4 Å². The molecule has 0 aromatic heterocycles. The number of halogens is 3. The van der Waals surface area contributed by atoms with Crippen LogP contribution in [0.3, 0.4) is 0 Å². The SMILES string of the molecule is Cc1ccccc1NC(=O)COc1c(Cl)cc(/C=C2\C(=O)NC(=O)N(c3ccc(Br)cc3)C2=O)cc1Cl. The number of nitrogens with zero attached hydrogens (tertiary/aromatic N) is 1. The minimum Gasteiger partial charge on any atom is -0.481 e. The summed E-state index contributed by atoms with van der Waals surface area (Å²) in [5, 5.41) is 5.02. The summed E-state index contributed by atoms with van der Waals surface area (Å²) < 4.78 is 6.28. The number of ether oxygens (including phenoxy) is 1. The molecule has 1 aliphatic heterocycles. The van der Waals surface area contributed by atoms with E-state index in [1.807, 2.05) is 19.1 Å². The highest BCUT2D eigenvalue weighted by molar-refractivity contribution is 9.10. The lowest BCUT2D eigenvalue weighted by Crippen LogP contribution is -2.54. The van der Waals surface area contributed by atoms with E-state index < -0.39 is 23.8 Å². The van der Waals surface area contributed by atoms with E-state index in [9.17, 15) is 19.2 Å². The molecule has 0 atom stereocenters. The Balaban J connectivity index is 1.53. The Morgan fingerprint density at radius 1 is 1.05 bits per heavy atom. The van der Waals surface area contributed by atoms with Gasteiger partial charge in [-0.3, -0.25) is 19.7 Å². The van der Waals surface area contributed by atoms with Gasteiger partial charge in [-0.1, -0.05) is 57.3 Å². The zero-order valence-corrected chi connectivity index (χ0v) is 22.3. The summed E-state index contributed by atoms with van der Waals surface area (Å²) in [5.41, 5.74) is 1.86. The van der Waals surface area contributed by atoms with E-state index in [4.69, 9.17) is 27.9 Å². The molecule has 0 aliphatic carbocycles. The number of barbiturate groups is 1. The number of carbonyl (C=O) groups excluding carboxylic acids is 4. The van der Waals surface area contributed by atoms with E-state index in [-0.39, 0.29) is 33.7 Å². The zero-order valence-electron chi connectivity index (χ0n) is 19.2. The van der Waals surface area contributed by atoms with Gasteiger partial charge in [-0.2, -0.15) is 0 Å². The lowest BCUT2D eigenvalue weighted by Gasteiger charge is -2.26. The molecule has 11 heteroatoms. The van der Waals surface area contributed by atoms with Crippen LogP contribution >= 0.6 is 39.1 Å². The Morgan fingerprint density at radius 3 is 2.35 bits per heavy atom. The first-order chi connectivity index (χ1) is 17.6. The lowest BCUT2D eigenvalue weighted by atomic mass is 10.1. The molecular weight excluding hydrogens is 585 g/mol. The van der Waals surface area contributed by atoms with E-state index in [1.165, 1.54) is 18.2 Å². The minimum absolute atomic E-state index is 0.0625. The van der Waals surface area contributed by atoms with Crippen molar-refractivity contribution in [3.63, 3.8) is 0 Å². The molecule has 1 heterocycles. The highest BCUT2D eigenvalue weighted by Gasteiger charge is 2.36. The third-order valence-electron chi connectivity index (χ3n) is 5.28. The Morgan fingerprint density at radius 2 is 1.70 bits per heavy atom. The second kappa shape index (κ2) is 11.2. The summed E-state index contributed by atoms with van der Waals surface area (Å²) >= 11 is 16.0. The maximum absolute atomic E-state index is 13.1. The number of carbonyl (C=O) groups is 4. The van der Waals surface area contributed by atoms with Gasteiger partial charge in [-0.25, -0.2) is 9.69 Å². The molecule has 37 heavy (non-hydrogen) atoms. The normalized spacial score (nSPS) is 14.5. The van der Waals surface area contributed by atoms with Crippen LogP contribution in [0.4, 0.5) is 16.2 Å². The molecule has 3 aromatic rings. The van der Waals surface area contributed by atoms with Crippen LogP contribution in [0, 0.1) is 6.92 Å². The second-order valence-electron chi connectivity index (χ2n) is 7.90. The van der Waals surface area contributed by atoms with Crippen LogP contribution in [0.1, 0.15) is 11.1 Å². The first-order valence-electron chi connectivity index (χ1n) is 10.8. The largest absolute Gasteiger partial charge is 0.481 e. The minimum atomic E-state index is -0.863. The molecule has 3 aromatic carbocycles. The number of amides is 5. The first kappa shape index (κ1) is 26.4. The predicted octanol–water partition coefficient (Wildman–Crippen LogP) is 5.75. The van der Waals surface area contributed by atoms with Crippen molar-refractivity contribution in [2.75, 3.05) is 16.8 Å². The summed E-state index contributed by atoms with van der Waals surface area (Å²) in [7, 11) is 0. The third-order valence-corrected chi connectivity index (χ3v) is 6.38. The molecular formula is C26H18BrCl2N3O5. The molecule has 0 saturated carbocycles. The van der Waals surface area contributed by atoms with Crippen LogP contribution < -0.4 is 20.3 Å². The van der Waals surface area contributed by atoms with Crippen LogP contribution in [0.5, 0.6) is 5.75 Å². The van der Waals surface area contributed by atoms with Crippen LogP contribution in [-0.2, 0) is 14.4 Å². The number of urea groups is 1. The summed E-state index contributed by atoms with van der Waals surface area (Å²) in [6, 6.07) is 15.7. The van der Waals surface area contributed by atoms with Crippen LogP contribution in [0.25, 0.3) is 6.08 Å². The maximum Gasteiger partial charge on any atom is 0.335 e. The number of hydrogen-bond donors (Lipinski definition) is 2. The number of para-hydroxylation sites is 1. The topological polar surface area (TPSA) is 105 Å². The molecule has 1 aliphatic rings. The summed E-state index contributed by atoms with van der Waals surface area (Å²) in [4.78, 5) is 51.0. The van der Waals surface area contributed by atoms with Gasteiger partial charge in [0.2, 0.25) is 0 Å². The van der Waals surface area contributed by atoms with Gasteiger partial charge in [0.05, 0.1) is 15.7 Å². The molecule has 5 amide bonds. The summed E-state index contributed by atoms with van der Waals surface area (Å²) in [5.74, 6) is -2.01. The molecule has 8 nitrogen and oxygen atoms in total. The molecule has 0 spiro atoms. The van der Waals surface area contributed by atoms with Crippen molar-refractivity contribution in [2.45, 2.75) is 6.92 Å². The second-order valence-corrected chi connectivity index (χ2v) is 9.63. The van der Waals surface area contributed by atoms with Crippen molar-refractivity contribution in [1.29, 1.82) is 0 Å². The molecule has 0 unspecified atom stereocenters. The third kappa shape index (κ3) is 6.02. The number of hydrogen-bond acceptors (Lipinski definition) is 5. The average Bonchev–Trinajstić information content (AvgIpc) is 2.84. The Bertz CT molecular complexity index is 1430. The van der Waals surface area contributed by atoms with Crippen molar-refractivity contribution in [2.24, 2.45) is 0 Å². The summed E-state index contributed by atoms with van der Waals surface area (Å²) in [6.07, 6.45) is 1.27. The number of benzene rings is 3. The number of imide groups is 2. The molecule has 2 N–H and O–H groups in total. The molecule has 188 valence electrons. The van der Waals surface area contributed by atoms with Crippen molar-refractivity contribution in [3.8, 4) is 5.75 Å². The van der Waals surface area contributed by atoms with Crippen molar-refractivity contribution >= 4 is 80.3 Å². The predicted molar refractivity (Wildman–Crippen MR) is 145 cm³/mol. The van der Waals surface area contributed by atoms with Crippen molar-refractivity contribution in [1.82, 2.24) is 5.32 Å². The number of rotatable bonds is 6. The van der Waals surface area contributed by atoms with Gasteiger partial charge in [0.15, 0.2) is 12.4 Å². The fourth-order valence-corrected chi connectivity index (χ4v) is 4.36. The monoisotopic (exact) mass is 601 g/mol. The van der Waals surface area contributed by atoms with Gasteiger partial charge in [-0.15, -0.1) is 0 Å². The number of anilines is 2. The lowest BCUT2D eigenvalue weighted by molar-refractivity contribution is -0.122. The van der Waals surface area contributed by atoms with Gasteiger partial charge < -0.3 is 10.1 Å². The van der Waals surface area contributed by atoms with E-state index in [0.717, 1.165) is 14.9 Å². The average molecular weight is 603 g/mol. The van der Waals surface area contributed by atoms with Crippen LogP contribution in [0.2, 0.25) is 10.0 Å². The Kier molecular flexibility index (Phi) is 7.97. The maximum atomic E-state index is 13.1. The molecule has 0 bridgehead atoms. The van der Waals surface area contributed by atoms with E-state index in [2.05, 4.69) is 26.6 Å². The highest BCUT2D eigenvalue weighted by Crippen LogP contribution is 2.35. The molecule has 1 saturated heterocycles. The Hall–Kier alpha value is -3.66. The van der Waals surface area contributed by atoms with Crippen molar-refractivity contribution in [3.05, 3.63) is 91.9 Å². The molecule has 1 fully saturated rings. The zero-order chi connectivity index (χ0) is 26.7. The van der Waals surface area contributed by atoms with Gasteiger partial charge in [0.1, 0.15) is 5.57 Å². The number of nitrogens with one attached hydrogen (secondary N) is 2. The fraction of sp³-hybridized carbons (Fsp3) is 0.0769. The van der Waals surface area contributed by atoms with Crippen molar-refractivity contribution < 1.29 is 23.9 Å². The van der Waals surface area contributed by atoms with E-state index >= 15 is 0 Å². The quantitative estimate of drug-likeness (QED) is 0.276. The van der Waals surface area contributed by atoms with E-state index in [0.29, 0.717) is 11.3 Å². The first-order valence-corrected chi connectivity index (χ1v) is 12.3. The smallest absolute Gasteiger partial charge is 0.335 e. The van der Waals surface area contributed by atoms with Gasteiger partial charge in [-0.05, 0) is 66.6 Å². The van der Waals surface area contributed by atoms with E-state index in [1.54, 1.807) is 36.4 Å². The molecule has 4 rings (SSSR count). The van der Waals surface area contributed by atoms with Gasteiger partial charge in [0, 0.05) is 10.2 Å². The van der Waals surface area contributed by atoms with Gasteiger partial charge in [0.25, 0.3) is 17.7 Å². The summed E-state index contributed by atoms with van der Waals surface area (Å²) in [6.45, 7) is 1.52. The van der Waals surface area contributed by atoms with Gasteiger partial charge >= 0.3 is 6.03 Å². The number of aryl methyl sites for hydroxylation is 1. The fourth-order valence-electron chi connectivity index (χ4n) is 3.49. The van der Waals surface area contributed by atoms with Crippen LogP contribution in [0.15, 0.2) is 70.7 Å². The Labute approximate surface area is 230 Å². The highest BCUT2D eigenvalue weighted by atomic mass is 79.9. The molecule has 0 radical (unpaired) electrons.